The number of nitrogens with one attached hydrogen (secondary N) is 1. The number of imide groups is 1. The van der Waals surface area contributed by atoms with Crippen LogP contribution in [-0.2, 0) is 16.8 Å². The van der Waals surface area contributed by atoms with Crippen molar-refractivity contribution in [3.05, 3.63) is 102 Å². The number of hydrogen-bond donors (Lipinski definition) is 2. The van der Waals surface area contributed by atoms with Gasteiger partial charge in [0.1, 0.15) is 0 Å². The molecule has 0 radical (unpaired) electrons. The van der Waals surface area contributed by atoms with Gasteiger partial charge in [0.05, 0.1) is 0 Å². The number of rotatable bonds is 5. The van der Waals surface area contributed by atoms with Gasteiger partial charge in [-0.25, -0.2) is 4.79 Å². The second kappa shape index (κ2) is 7.19. The van der Waals surface area contributed by atoms with Gasteiger partial charge >= 0.3 is 6.03 Å². The highest BCUT2D eigenvalue weighted by molar-refractivity contribution is 6.09. The van der Waals surface area contributed by atoms with Crippen molar-refractivity contribution in [3.8, 4) is 0 Å². The van der Waals surface area contributed by atoms with Crippen molar-refractivity contribution in [2.75, 3.05) is 12.3 Å². The highest BCUT2D eigenvalue weighted by atomic mass is 16.2. The fraction of sp³-hybridized carbons (Fsp3) is 0.130. The lowest BCUT2D eigenvalue weighted by molar-refractivity contribution is -0.130. The maximum absolute atomic E-state index is 13.5. The predicted octanol–water partition coefficient (Wildman–Crippen LogP) is 3.31. The number of nitrogens with zero attached hydrogens (tertiary/aromatic N) is 1. The van der Waals surface area contributed by atoms with Crippen LogP contribution in [0.4, 0.5) is 10.5 Å². The molecule has 0 aromatic heterocycles. The summed E-state index contributed by atoms with van der Waals surface area (Å²) in [4.78, 5) is 27.6. The summed E-state index contributed by atoms with van der Waals surface area (Å²) < 4.78 is 0. The molecule has 1 aliphatic heterocycles. The fourth-order valence-electron chi connectivity index (χ4n) is 3.64. The summed E-state index contributed by atoms with van der Waals surface area (Å²) >= 11 is 0. The van der Waals surface area contributed by atoms with Crippen LogP contribution in [0.25, 0.3) is 0 Å². The molecule has 0 bridgehead atoms. The Kier molecular flexibility index (Phi) is 4.57. The molecule has 5 heteroatoms. The number of carbonyl (C=O) groups excluding carboxylic acids is 2. The molecule has 140 valence electrons. The highest BCUT2D eigenvalue weighted by Gasteiger charge is 2.53. The summed E-state index contributed by atoms with van der Waals surface area (Å²) in [6.45, 7) is 0.302. The minimum absolute atomic E-state index is 0.259. The Hall–Kier alpha value is -3.60. The molecular formula is C23H21N3O2. The quantitative estimate of drug-likeness (QED) is 0.534. The van der Waals surface area contributed by atoms with Crippen molar-refractivity contribution in [1.82, 2.24) is 10.2 Å². The zero-order chi connectivity index (χ0) is 19.6. The Bertz CT molecular complexity index is 946. The van der Waals surface area contributed by atoms with Gasteiger partial charge in [0.25, 0.3) is 5.91 Å². The van der Waals surface area contributed by atoms with Gasteiger partial charge in [0.15, 0.2) is 5.54 Å². The van der Waals surface area contributed by atoms with Crippen LogP contribution in [0.2, 0.25) is 0 Å². The second-order valence-corrected chi connectivity index (χ2v) is 6.86. The van der Waals surface area contributed by atoms with E-state index < -0.39 is 5.54 Å². The minimum Gasteiger partial charge on any atom is -0.399 e. The molecule has 3 amide bonds. The van der Waals surface area contributed by atoms with E-state index in [1.54, 1.807) is 0 Å². The predicted molar refractivity (Wildman–Crippen MR) is 108 cm³/mol. The molecule has 1 saturated heterocycles. The largest absolute Gasteiger partial charge is 0.399 e. The summed E-state index contributed by atoms with van der Waals surface area (Å²) in [6, 6.07) is 25.8. The molecule has 1 aliphatic rings. The lowest BCUT2D eigenvalue weighted by atomic mass is 9.82. The van der Waals surface area contributed by atoms with Crippen molar-refractivity contribution in [2.24, 2.45) is 0 Å². The number of anilines is 1. The first-order valence-corrected chi connectivity index (χ1v) is 9.21. The van der Waals surface area contributed by atoms with E-state index >= 15 is 0 Å². The summed E-state index contributed by atoms with van der Waals surface area (Å²) in [6.07, 6.45) is 0.569. The van der Waals surface area contributed by atoms with Crippen LogP contribution in [-0.4, -0.2) is 23.4 Å². The number of nitrogen functional groups attached to an aromatic ring is 1. The topological polar surface area (TPSA) is 75.4 Å². The zero-order valence-electron chi connectivity index (χ0n) is 15.3. The van der Waals surface area contributed by atoms with Gasteiger partial charge in [-0.2, -0.15) is 0 Å². The van der Waals surface area contributed by atoms with Crippen LogP contribution in [0.3, 0.4) is 0 Å². The average molecular weight is 371 g/mol. The molecule has 1 heterocycles. The van der Waals surface area contributed by atoms with Gasteiger partial charge < -0.3 is 11.1 Å². The number of nitrogens with two attached hydrogens (primary N) is 1. The summed E-state index contributed by atoms with van der Waals surface area (Å²) in [5.74, 6) is -0.259. The van der Waals surface area contributed by atoms with Crippen LogP contribution in [0.5, 0.6) is 0 Å². The first kappa shape index (κ1) is 17.8. The summed E-state index contributed by atoms with van der Waals surface area (Å²) in [5, 5.41) is 2.96. The molecule has 0 saturated carbocycles. The van der Waals surface area contributed by atoms with Gasteiger partial charge in [0, 0.05) is 12.2 Å². The first-order chi connectivity index (χ1) is 13.6. The lowest BCUT2D eigenvalue weighted by Gasteiger charge is -2.28. The Labute approximate surface area is 163 Å². The molecule has 0 aliphatic carbocycles. The number of urea groups is 1. The molecule has 1 fully saturated rings. The van der Waals surface area contributed by atoms with Gasteiger partial charge in [-0.1, -0.05) is 72.8 Å². The molecule has 0 unspecified atom stereocenters. The van der Waals surface area contributed by atoms with E-state index in [-0.39, 0.29) is 11.9 Å². The second-order valence-electron chi connectivity index (χ2n) is 6.86. The van der Waals surface area contributed by atoms with Crippen molar-refractivity contribution in [1.29, 1.82) is 0 Å². The SMILES string of the molecule is Nc1ccc(CCN2C(=O)NC(c3ccccc3)(c3ccccc3)C2=O)cc1. The number of amides is 3. The van der Waals surface area contributed by atoms with Crippen LogP contribution in [0.15, 0.2) is 84.9 Å². The molecule has 4 rings (SSSR count). The van der Waals surface area contributed by atoms with E-state index in [2.05, 4.69) is 5.32 Å². The Morgan fingerprint density at radius 3 is 1.86 bits per heavy atom. The number of benzene rings is 3. The molecule has 0 spiro atoms. The maximum atomic E-state index is 13.5. The molecule has 3 aromatic carbocycles. The van der Waals surface area contributed by atoms with Crippen LogP contribution in [0, 0.1) is 0 Å². The van der Waals surface area contributed by atoms with Crippen LogP contribution >= 0.6 is 0 Å². The van der Waals surface area contributed by atoms with Gasteiger partial charge in [0.2, 0.25) is 0 Å². The normalized spacial score (nSPS) is 15.5. The summed E-state index contributed by atoms with van der Waals surface area (Å²) in [5.41, 5.74) is 7.71. The van der Waals surface area contributed by atoms with Gasteiger partial charge in [-0.05, 0) is 35.2 Å². The fourth-order valence-corrected chi connectivity index (χ4v) is 3.64. The van der Waals surface area contributed by atoms with E-state index in [4.69, 9.17) is 5.73 Å². The molecule has 5 nitrogen and oxygen atoms in total. The monoisotopic (exact) mass is 371 g/mol. The van der Waals surface area contributed by atoms with E-state index in [0.29, 0.717) is 18.7 Å². The van der Waals surface area contributed by atoms with Gasteiger partial charge in [-0.15, -0.1) is 0 Å². The van der Waals surface area contributed by atoms with E-state index in [1.807, 2.05) is 84.9 Å². The standard InChI is InChI=1S/C23H21N3O2/c24-20-13-11-17(12-14-20)15-16-26-21(27)23(25-22(26)28,18-7-3-1-4-8-18)19-9-5-2-6-10-19/h1-14H,15-16,24H2,(H,25,28). The van der Waals surface area contributed by atoms with Crippen molar-refractivity contribution in [2.45, 2.75) is 12.0 Å². The highest BCUT2D eigenvalue weighted by Crippen LogP contribution is 2.36. The van der Waals surface area contributed by atoms with Crippen molar-refractivity contribution < 1.29 is 9.59 Å². The smallest absolute Gasteiger partial charge is 0.325 e. The Balaban J connectivity index is 1.68. The van der Waals surface area contributed by atoms with Crippen LogP contribution in [0.1, 0.15) is 16.7 Å². The lowest BCUT2D eigenvalue weighted by Crippen LogP contribution is -2.45. The van der Waals surface area contributed by atoms with Crippen molar-refractivity contribution >= 4 is 17.6 Å². The maximum Gasteiger partial charge on any atom is 0.325 e. The molecule has 0 atom stereocenters. The van der Waals surface area contributed by atoms with Crippen LogP contribution < -0.4 is 11.1 Å². The zero-order valence-corrected chi connectivity index (χ0v) is 15.3. The molecule has 3 N–H and O–H groups in total. The summed E-state index contributed by atoms with van der Waals surface area (Å²) in [7, 11) is 0. The van der Waals surface area contributed by atoms with E-state index in [9.17, 15) is 9.59 Å². The number of hydrogen-bond acceptors (Lipinski definition) is 3. The Morgan fingerprint density at radius 2 is 1.32 bits per heavy atom. The number of carbonyl (C=O) groups is 2. The third-order valence-electron chi connectivity index (χ3n) is 5.12. The third kappa shape index (κ3) is 3.01. The minimum atomic E-state index is -1.21. The molecule has 3 aromatic rings. The van der Waals surface area contributed by atoms with Gasteiger partial charge in [-0.3, -0.25) is 9.69 Å². The third-order valence-corrected chi connectivity index (χ3v) is 5.12. The average Bonchev–Trinajstić information content (AvgIpc) is 3.00. The van der Waals surface area contributed by atoms with Crippen molar-refractivity contribution in [3.63, 3.8) is 0 Å². The molecule has 28 heavy (non-hydrogen) atoms. The van der Waals surface area contributed by atoms with E-state index in [1.165, 1.54) is 4.90 Å². The Morgan fingerprint density at radius 1 is 0.786 bits per heavy atom. The first-order valence-electron chi connectivity index (χ1n) is 9.21. The van der Waals surface area contributed by atoms with E-state index in [0.717, 1.165) is 16.7 Å². The molecular weight excluding hydrogens is 350 g/mol.